The monoisotopic (exact) mass is 1450 g/mol. The zero-order valence-corrected chi connectivity index (χ0v) is 66.8. The van der Waals surface area contributed by atoms with E-state index in [0.29, 0.717) is 25.7 Å². The second-order valence-corrected chi connectivity index (χ2v) is 32.9. The van der Waals surface area contributed by atoms with Gasteiger partial charge in [0.05, 0.1) is 26.4 Å². The van der Waals surface area contributed by atoms with Crippen LogP contribution in [-0.4, -0.2) is 96.7 Å². The van der Waals surface area contributed by atoms with Crippen LogP contribution < -0.4 is 0 Å². The smallest absolute Gasteiger partial charge is 0.462 e. The lowest BCUT2D eigenvalue weighted by molar-refractivity contribution is -0.161. The summed E-state index contributed by atoms with van der Waals surface area (Å²) < 4.78 is 68.6. The number of aliphatic hydroxyl groups excluding tert-OH is 1. The Morgan fingerprint density at radius 1 is 0.293 bits per heavy atom. The molecule has 99 heavy (non-hydrogen) atoms. The Labute approximate surface area is 607 Å². The van der Waals surface area contributed by atoms with E-state index >= 15 is 0 Å². The molecule has 0 saturated heterocycles. The van der Waals surface area contributed by atoms with Gasteiger partial charge in [-0.05, 0) is 43.4 Å². The van der Waals surface area contributed by atoms with E-state index in [2.05, 4.69) is 48.5 Å². The Hall–Kier alpha value is -1.94. The number of rotatable bonds is 78. The van der Waals surface area contributed by atoms with E-state index in [0.717, 1.165) is 108 Å². The van der Waals surface area contributed by atoms with Crippen LogP contribution in [0.25, 0.3) is 0 Å². The van der Waals surface area contributed by atoms with Gasteiger partial charge < -0.3 is 33.8 Å². The first kappa shape index (κ1) is 97.1. The van der Waals surface area contributed by atoms with Gasteiger partial charge in [-0.1, -0.05) is 363 Å². The lowest BCUT2D eigenvalue weighted by Crippen LogP contribution is -2.30. The maximum atomic E-state index is 13.1. The summed E-state index contributed by atoms with van der Waals surface area (Å²) >= 11 is 0. The number of hydrogen-bond donors (Lipinski definition) is 3. The Bertz CT molecular complexity index is 1920. The van der Waals surface area contributed by atoms with Crippen molar-refractivity contribution < 1.29 is 80.2 Å². The summed E-state index contributed by atoms with van der Waals surface area (Å²) in [7, 11) is -9.92. The molecule has 0 spiro atoms. The quantitative estimate of drug-likeness (QED) is 0.0222. The number of hydrogen-bond acceptors (Lipinski definition) is 15. The van der Waals surface area contributed by atoms with Gasteiger partial charge in [0.25, 0.3) is 0 Å². The van der Waals surface area contributed by atoms with Crippen molar-refractivity contribution in [2.24, 2.45) is 17.8 Å². The zero-order chi connectivity index (χ0) is 73.0. The van der Waals surface area contributed by atoms with Crippen LogP contribution in [0.15, 0.2) is 0 Å². The fourth-order valence-electron chi connectivity index (χ4n) is 12.3. The molecule has 3 N–H and O–H groups in total. The van der Waals surface area contributed by atoms with Gasteiger partial charge in [0.1, 0.15) is 19.3 Å². The van der Waals surface area contributed by atoms with Crippen molar-refractivity contribution in [1.29, 1.82) is 0 Å². The summed E-state index contributed by atoms with van der Waals surface area (Å²) in [6.07, 6.45) is 58.3. The van der Waals surface area contributed by atoms with Crippen LogP contribution in [-0.2, 0) is 65.4 Å². The van der Waals surface area contributed by atoms with E-state index in [1.54, 1.807) is 0 Å². The van der Waals surface area contributed by atoms with Crippen molar-refractivity contribution in [3.05, 3.63) is 0 Å². The molecule has 19 heteroatoms. The van der Waals surface area contributed by atoms with Crippen LogP contribution in [0.4, 0.5) is 0 Å². The van der Waals surface area contributed by atoms with E-state index in [-0.39, 0.29) is 25.7 Å². The average Bonchev–Trinajstić information content (AvgIpc) is 0.992. The molecule has 0 fully saturated rings. The van der Waals surface area contributed by atoms with Gasteiger partial charge in [-0.25, -0.2) is 9.13 Å². The molecule has 3 unspecified atom stereocenters. The van der Waals surface area contributed by atoms with E-state index in [9.17, 15) is 43.2 Å². The van der Waals surface area contributed by atoms with Crippen LogP contribution in [0.5, 0.6) is 0 Å². The summed E-state index contributed by atoms with van der Waals surface area (Å²) in [6, 6.07) is 0. The maximum Gasteiger partial charge on any atom is 0.472 e. The molecule has 0 aliphatic rings. The minimum atomic E-state index is -4.96. The second-order valence-electron chi connectivity index (χ2n) is 30.0. The molecule has 588 valence electrons. The summed E-state index contributed by atoms with van der Waals surface area (Å²) in [6.45, 7) is 12.0. The Balaban J connectivity index is 5.21. The molecule has 0 bridgehead atoms. The van der Waals surface area contributed by atoms with Crippen LogP contribution in [0.3, 0.4) is 0 Å². The lowest BCUT2D eigenvalue weighted by atomic mass is 9.99. The molecule has 17 nitrogen and oxygen atoms in total. The zero-order valence-electron chi connectivity index (χ0n) is 65.0. The van der Waals surface area contributed by atoms with Gasteiger partial charge in [-0.15, -0.1) is 0 Å². The molecule has 0 aliphatic heterocycles. The molecule has 0 aliphatic carbocycles. The highest BCUT2D eigenvalue weighted by molar-refractivity contribution is 7.47. The lowest BCUT2D eigenvalue weighted by Gasteiger charge is -2.21. The van der Waals surface area contributed by atoms with Gasteiger partial charge in [0.15, 0.2) is 12.2 Å². The van der Waals surface area contributed by atoms with Gasteiger partial charge in [0.2, 0.25) is 0 Å². The van der Waals surface area contributed by atoms with E-state index < -0.39 is 97.5 Å². The highest BCUT2D eigenvalue weighted by Gasteiger charge is 2.30. The number of esters is 4. The standard InChI is InChI=1S/C80H156O17P2/c1-8-10-11-12-13-14-15-27-33-42-49-56-63-79(84)97-76(68-91-78(83)62-55-48-41-36-35-38-45-52-59-72(5)6)70-95-99(88,89)93-66-74(81)65-92-98(86,87)94-69-75(67-90-77(82)61-54-47-40-32-29-24-25-30-37-44-51-58-71(3)4)96-80(85)64-57-50-43-34-28-23-21-19-17-16-18-20-22-26-31-39-46-53-60-73(7)9-2/h71-76,81H,8-70H2,1-7H3,(H,86,87)(H,88,89)/t73?,74-,75-,76-/m1/s1. The molecular formula is C80H156O17P2. The minimum absolute atomic E-state index is 0.107. The molecule has 0 radical (unpaired) electrons. The molecule has 0 aromatic heterocycles. The fourth-order valence-corrected chi connectivity index (χ4v) is 13.9. The van der Waals surface area contributed by atoms with Crippen molar-refractivity contribution in [3.8, 4) is 0 Å². The van der Waals surface area contributed by atoms with Crippen LogP contribution >= 0.6 is 15.6 Å². The number of ether oxygens (including phenoxy) is 4. The molecule has 0 aromatic rings. The van der Waals surface area contributed by atoms with Gasteiger partial charge in [-0.3, -0.25) is 37.3 Å². The second kappa shape index (κ2) is 70.4. The largest absolute Gasteiger partial charge is 0.472 e. The predicted molar refractivity (Wildman–Crippen MR) is 405 cm³/mol. The molecule has 0 amide bonds. The van der Waals surface area contributed by atoms with Crippen molar-refractivity contribution in [2.75, 3.05) is 39.6 Å². The van der Waals surface area contributed by atoms with Gasteiger partial charge in [0, 0.05) is 25.7 Å². The Morgan fingerprint density at radius 2 is 0.515 bits per heavy atom. The molecule has 0 heterocycles. The SMILES string of the molecule is CCCCCCCCCCCCCCC(=O)O[C@H](COC(=O)CCCCCCCCCCC(C)C)COP(=O)(O)OC[C@H](O)COP(=O)(O)OC[C@@H](COC(=O)CCCCCCCCCCCCCC(C)C)OC(=O)CCCCCCCCCCCCCCCCCCCCC(C)CC. The fraction of sp³-hybridized carbons (Fsp3) is 0.950. The maximum absolute atomic E-state index is 13.1. The van der Waals surface area contributed by atoms with Crippen LogP contribution in [0, 0.1) is 17.8 Å². The molecular weight excluding hydrogens is 1290 g/mol. The van der Waals surface area contributed by atoms with Crippen molar-refractivity contribution in [3.63, 3.8) is 0 Å². The van der Waals surface area contributed by atoms with E-state index in [4.69, 9.17) is 37.0 Å². The minimum Gasteiger partial charge on any atom is -0.462 e. The van der Waals surface area contributed by atoms with Gasteiger partial charge >= 0.3 is 39.5 Å². The number of phosphoric ester groups is 2. The predicted octanol–water partition coefficient (Wildman–Crippen LogP) is 23.7. The van der Waals surface area contributed by atoms with E-state index in [1.807, 2.05) is 0 Å². The summed E-state index contributed by atoms with van der Waals surface area (Å²) in [4.78, 5) is 72.9. The Morgan fingerprint density at radius 3 is 0.768 bits per heavy atom. The molecule has 6 atom stereocenters. The first-order valence-corrected chi connectivity index (χ1v) is 44.4. The third kappa shape index (κ3) is 72.8. The Kier molecular flexibility index (Phi) is 69.0. The van der Waals surface area contributed by atoms with Crippen molar-refractivity contribution in [2.45, 2.75) is 433 Å². The topological polar surface area (TPSA) is 237 Å². The van der Waals surface area contributed by atoms with Crippen molar-refractivity contribution in [1.82, 2.24) is 0 Å². The highest BCUT2D eigenvalue weighted by atomic mass is 31.2. The van der Waals surface area contributed by atoms with Gasteiger partial charge in [-0.2, -0.15) is 0 Å². The normalized spacial score (nSPS) is 14.3. The first-order chi connectivity index (χ1) is 47.8. The van der Waals surface area contributed by atoms with Crippen LogP contribution in [0.1, 0.15) is 414 Å². The summed E-state index contributed by atoms with van der Waals surface area (Å²) in [5.74, 6) is 0.256. The first-order valence-electron chi connectivity index (χ1n) is 41.4. The number of carbonyl (C=O) groups excluding carboxylic acids is 4. The number of unbranched alkanes of at least 4 members (excludes halogenated alkanes) is 45. The van der Waals surface area contributed by atoms with Crippen LogP contribution in [0.2, 0.25) is 0 Å². The van der Waals surface area contributed by atoms with Crippen molar-refractivity contribution >= 4 is 39.5 Å². The third-order valence-electron chi connectivity index (χ3n) is 19.0. The summed E-state index contributed by atoms with van der Waals surface area (Å²) in [5.41, 5.74) is 0. The molecule has 0 saturated carbocycles. The molecule has 0 aromatic carbocycles. The highest BCUT2D eigenvalue weighted by Crippen LogP contribution is 2.45. The average molecular weight is 1450 g/mol. The number of phosphoric acid groups is 2. The number of carbonyl (C=O) groups is 4. The number of aliphatic hydroxyl groups is 1. The third-order valence-corrected chi connectivity index (χ3v) is 20.9. The molecule has 0 rings (SSSR count). The van der Waals surface area contributed by atoms with E-state index in [1.165, 1.54) is 225 Å². The summed E-state index contributed by atoms with van der Waals surface area (Å²) in [5, 5.41) is 10.6.